The van der Waals surface area contributed by atoms with E-state index in [1.807, 2.05) is 6.07 Å². The molecule has 104 valence electrons. The number of nitrogens with zero attached hydrogens (tertiary/aromatic N) is 1. The highest BCUT2D eigenvalue weighted by Gasteiger charge is 2.26. The van der Waals surface area contributed by atoms with Crippen molar-refractivity contribution >= 4 is 5.97 Å². The van der Waals surface area contributed by atoms with Crippen LogP contribution in [-0.2, 0) is 21.0 Å². The van der Waals surface area contributed by atoms with E-state index < -0.39 is 0 Å². The standard InChI is InChI=1S/C15H21NO3/c1-18-19-15(17)14-8-11-16(12-9-14)10-7-13-5-3-2-4-6-13/h2-6,14H,7-12H2,1H3. The zero-order chi connectivity index (χ0) is 13.5. The lowest BCUT2D eigenvalue weighted by Gasteiger charge is -2.30. The minimum Gasteiger partial charge on any atom is -0.303 e. The smallest absolute Gasteiger partial charge is 0.303 e. The molecule has 2 rings (SSSR count). The Morgan fingerprint density at radius 2 is 1.95 bits per heavy atom. The van der Waals surface area contributed by atoms with Gasteiger partial charge in [0, 0.05) is 6.54 Å². The molecule has 0 atom stereocenters. The van der Waals surface area contributed by atoms with E-state index in [0.717, 1.165) is 38.9 Å². The number of piperidine rings is 1. The van der Waals surface area contributed by atoms with Gasteiger partial charge in [-0.05, 0) is 37.9 Å². The highest BCUT2D eigenvalue weighted by Crippen LogP contribution is 2.18. The van der Waals surface area contributed by atoms with Crippen LogP contribution in [0.25, 0.3) is 0 Å². The van der Waals surface area contributed by atoms with Gasteiger partial charge >= 0.3 is 5.97 Å². The number of hydrogen-bond donors (Lipinski definition) is 0. The summed E-state index contributed by atoms with van der Waals surface area (Å²) in [6, 6.07) is 10.5. The largest absolute Gasteiger partial charge is 0.345 e. The van der Waals surface area contributed by atoms with Crippen molar-refractivity contribution in [3.63, 3.8) is 0 Å². The minimum atomic E-state index is -0.231. The van der Waals surface area contributed by atoms with Crippen molar-refractivity contribution in [2.75, 3.05) is 26.7 Å². The predicted octanol–water partition coefficient (Wildman–Crippen LogP) is 2.05. The van der Waals surface area contributed by atoms with Crippen molar-refractivity contribution in [2.24, 2.45) is 5.92 Å². The third kappa shape index (κ3) is 4.33. The van der Waals surface area contributed by atoms with Crippen LogP contribution in [0.2, 0.25) is 0 Å². The monoisotopic (exact) mass is 263 g/mol. The molecule has 19 heavy (non-hydrogen) atoms. The molecule has 4 heteroatoms. The minimum absolute atomic E-state index is 0.00655. The van der Waals surface area contributed by atoms with Crippen molar-refractivity contribution < 1.29 is 14.6 Å². The number of carbonyl (C=O) groups is 1. The van der Waals surface area contributed by atoms with Crippen LogP contribution in [0, 0.1) is 5.92 Å². The Hall–Kier alpha value is -1.39. The van der Waals surface area contributed by atoms with E-state index in [4.69, 9.17) is 0 Å². The first-order valence-electron chi connectivity index (χ1n) is 6.80. The maximum absolute atomic E-state index is 11.5. The summed E-state index contributed by atoms with van der Waals surface area (Å²) in [4.78, 5) is 22.9. The predicted molar refractivity (Wildman–Crippen MR) is 72.4 cm³/mol. The van der Waals surface area contributed by atoms with Gasteiger partial charge in [0.25, 0.3) is 0 Å². The van der Waals surface area contributed by atoms with Gasteiger partial charge in [0.1, 0.15) is 0 Å². The summed E-state index contributed by atoms with van der Waals surface area (Å²) < 4.78 is 0. The fourth-order valence-electron chi connectivity index (χ4n) is 2.47. The SMILES string of the molecule is COOC(=O)C1CCN(CCc2ccccc2)CC1. The number of hydrogen-bond acceptors (Lipinski definition) is 4. The van der Waals surface area contributed by atoms with E-state index in [0.29, 0.717) is 0 Å². The lowest BCUT2D eigenvalue weighted by molar-refractivity contribution is -0.260. The van der Waals surface area contributed by atoms with Crippen LogP contribution in [-0.4, -0.2) is 37.6 Å². The molecule has 0 radical (unpaired) electrons. The number of carbonyl (C=O) groups excluding carboxylic acids is 1. The molecule has 0 saturated carbocycles. The molecule has 1 aromatic rings. The molecule has 1 aliphatic rings. The molecular weight excluding hydrogens is 242 g/mol. The van der Waals surface area contributed by atoms with Crippen molar-refractivity contribution in [2.45, 2.75) is 19.3 Å². The first kappa shape index (κ1) is 14.0. The van der Waals surface area contributed by atoms with Crippen molar-refractivity contribution in [1.82, 2.24) is 4.90 Å². The molecule has 0 unspecified atom stereocenters. The van der Waals surface area contributed by atoms with E-state index in [2.05, 4.69) is 38.9 Å². The number of rotatable bonds is 5. The Labute approximate surface area is 114 Å². The van der Waals surface area contributed by atoms with E-state index in [9.17, 15) is 4.79 Å². The van der Waals surface area contributed by atoms with Gasteiger partial charge in [0.05, 0.1) is 13.0 Å². The van der Waals surface area contributed by atoms with Gasteiger partial charge in [-0.15, -0.1) is 0 Å². The van der Waals surface area contributed by atoms with Gasteiger partial charge in [0.15, 0.2) is 0 Å². The molecule has 0 spiro atoms. The average Bonchev–Trinajstić information content (AvgIpc) is 2.47. The second-order valence-electron chi connectivity index (χ2n) is 4.92. The summed E-state index contributed by atoms with van der Waals surface area (Å²) in [5, 5.41) is 0. The molecule has 0 aliphatic carbocycles. The number of benzene rings is 1. The maximum Gasteiger partial charge on any atom is 0.345 e. The van der Waals surface area contributed by atoms with E-state index in [1.54, 1.807) is 0 Å². The molecule has 1 aliphatic heterocycles. The quantitative estimate of drug-likeness (QED) is 0.602. The van der Waals surface area contributed by atoms with Crippen LogP contribution >= 0.6 is 0 Å². The molecule has 0 aromatic heterocycles. The lowest BCUT2D eigenvalue weighted by atomic mass is 9.97. The molecule has 1 fully saturated rings. The van der Waals surface area contributed by atoms with Gasteiger partial charge in [-0.25, -0.2) is 4.79 Å². The van der Waals surface area contributed by atoms with Crippen LogP contribution in [0.15, 0.2) is 30.3 Å². The van der Waals surface area contributed by atoms with Gasteiger partial charge < -0.3 is 4.90 Å². The Morgan fingerprint density at radius 3 is 2.58 bits per heavy atom. The third-order valence-corrected chi connectivity index (χ3v) is 3.65. The van der Waals surface area contributed by atoms with E-state index in [-0.39, 0.29) is 11.9 Å². The van der Waals surface area contributed by atoms with Crippen LogP contribution in [0.5, 0.6) is 0 Å². The number of likely N-dealkylation sites (tertiary alicyclic amines) is 1. The summed E-state index contributed by atoms with van der Waals surface area (Å²) in [5.41, 5.74) is 1.36. The lowest BCUT2D eigenvalue weighted by Crippen LogP contribution is -2.37. The summed E-state index contributed by atoms with van der Waals surface area (Å²) >= 11 is 0. The van der Waals surface area contributed by atoms with Crippen LogP contribution < -0.4 is 0 Å². The fourth-order valence-corrected chi connectivity index (χ4v) is 2.47. The molecule has 1 aromatic carbocycles. The van der Waals surface area contributed by atoms with Crippen molar-refractivity contribution in [1.29, 1.82) is 0 Å². The summed E-state index contributed by atoms with van der Waals surface area (Å²) in [6.07, 6.45) is 2.78. The normalized spacial score (nSPS) is 17.3. The van der Waals surface area contributed by atoms with Crippen molar-refractivity contribution in [3.05, 3.63) is 35.9 Å². The molecule has 0 bridgehead atoms. The van der Waals surface area contributed by atoms with Gasteiger partial charge in [-0.1, -0.05) is 30.3 Å². The molecule has 0 N–H and O–H groups in total. The van der Waals surface area contributed by atoms with Crippen LogP contribution in [0.4, 0.5) is 0 Å². The highest BCUT2D eigenvalue weighted by molar-refractivity contribution is 5.71. The third-order valence-electron chi connectivity index (χ3n) is 3.65. The maximum atomic E-state index is 11.5. The average molecular weight is 263 g/mol. The first-order valence-corrected chi connectivity index (χ1v) is 6.80. The van der Waals surface area contributed by atoms with Gasteiger partial charge in [-0.3, -0.25) is 4.89 Å². The van der Waals surface area contributed by atoms with E-state index >= 15 is 0 Å². The summed E-state index contributed by atoms with van der Waals surface area (Å²) in [6.45, 7) is 2.96. The molecule has 1 heterocycles. The zero-order valence-electron chi connectivity index (χ0n) is 11.4. The summed E-state index contributed by atoms with van der Waals surface area (Å²) in [5.74, 6) is -0.238. The first-order chi connectivity index (χ1) is 9.29. The molecule has 4 nitrogen and oxygen atoms in total. The van der Waals surface area contributed by atoms with Crippen molar-refractivity contribution in [3.8, 4) is 0 Å². The van der Waals surface area contributed by atoms with Crippen LogP contribution in [0.3, 0.4) is 0 Å². The Bertz CT molecular complexity index is 386. The molecular formula is C15H21NO3. The molecule has 0 amide bonds. The molecule has 1 saturated heterocycles. The van der Waals surface area contributed by atoms with E-state index in [1.165, 1.54) is 12.7 Å². The van der Waals surface area contributed by atoms with Gasteiger partial charge in [-0.2, -0.15) is 4.89 Å². The highest BCUT2D eigenvalue weighted by atomic mass is 17.2. The van der Waals surface area contributed by atoms with Gasteiger partial charge in [0.2, 0.25) is 0 Å². The second kappa shape index (κ2) is 7.26. The summed E-state index contributed by atoms with van der Waals surface area (Å²) in [7, 11) is 1.37. The topological polar surface area (TPSA) is 38.8 Å². The Balaban J connectivity index is 1.70. The second-order valence-corrected chi connectivity index (χ2v) is 4.92. The Morgan fingerprint density at radius 1 is 1.26 bits per heavy atom. The zero-order valence-corrected chi connectivity index (χ0v) is 11.4. The Kier molecular flexibility index (Phi) is 5.36. The fraction of sp³-hybridized carbons (Fsp3) is 0.533. The van der Waals surface area contributed by atoms with Crippen LogP contribution in [0.1, 0.15) is 18.4 Å².